The average molecular weight is 359 g/mol. The van der Waals surface area contributed by atoms with Crippen molar-refractivity contribution in [2.75, 3.05) is 6.54 Å². The monoisotopic (exact) mass is 358 g/mol. The Labute approximate surface area is 157 Å². The topological polar surface area (TPSA) is 49.4 Å². The number of likely N-dealkylation sites (tertiary alicyclic amines) is 1. The predicted molar refractivity (Wildman–Crippen MR) is 100 cm³/mol. The van der Waals surface area contributed by atoms with E-state index in [9.17, 15) is 9.59 Å². The van der Waals surface area contributed by atoms with Crippen LogP contribution in [-0.4, -0.2) is 35.3 Å². The highest BCUT2D eigenvalue weighted by atomic mass is 16.2. The van der Waals surface area contributed by atoms with Crippen molar-refractivity contribution >= 4 is 11.8 Å². The molecule has 6 aliphatic rings. The van der Waals surface area contributed by atoms with Crippen LogP contribution < -0.4 is 5.32 Å². The van der Waals surface area contributed by atoms with Gasteiger partial charge in [0, 0.05) is 12.6 Å². The highest BCUT2D eigenvalue weighted by Gasteiger charge is 2.56. The van der Waals surface area contributed by atoms with Crippen LogP contribution in [0.25, 0.3) is 0 Å². The molecule has 0 spiro atoms. The van der Waals surface area contributed by atoms with Gasteiger partial charge in [-0.3, -0.25) is 9.59 Å². The maximum absolute atomic E-state index is 13.7. The van der Waals surface area contributed by atoms with Gasteiger partial charge in [-0.1, -0.05) is 19.3 Å². The second-order valence-electron chi connectivity index (χ2n) is 10.2. The smallest absolute Gasteiger partial charge is 0.243 e. The Bertz CT molecular complexity index is 545. The van der Waals surface area contributed by atoms with Crippen LogP contribution in [0.5, 0.6) is 0 Å². The quantitative estimate of drug-likeness (QED) is 0.837. The SMILES string of the molecule is O=C(NC1CCCCC1)[C@@H]1CCCN1C(=O)C12CC3CC(CC(C3)C1)C2. The third-order valence-corrected chi connectivity index (χ3v) is 8.26. The van der Waals surface area contributed by atoms with Gasteiger partial charge < -0.3 is 10.2 Å². The molecule has 1 N–H and O–H groups in total. The highest BCUT2D eigenvalue weighted by Crippen LogP contribution is 2.60. The minimum absolute atomic E-state index is 0.109. The van der Waals surface area contributed by atoms with Crippen LogP contribution in [0.2, 0.25) is 0 Å². The predicted octanol–water partition coefficient (Wildman–Crippen LogP) is 3.64. The Balaban J connectivity index is 1.29. The number of nitrogens with zero attached hydrogens (tertiary/aromatic N) is 1. The van der Waals surface area contributed by atoms with Crippen molar-refractivity contribution in [2.45, 2.75) is 95.6 Å². The van der Waals surface area contributed by atoms with Crippen molar-refractivity contribution in [1.29, 1.82) is 0 Å². The molecule has 26 heavy (non-hydrogen) atoms. The Hall–Kier alpha value is -1.06. The van der Waals surface area contributed by atoms with Crippen LogP contribution in [0.4, 0.5) is 0 Å². The molecule has 0 radical (unpaired) electrons. The van der Waals surface area contributed by atoms with Gasteiger partial charge in [-0.2, -0.15) is 0 Å². The summed E-state index contributed by atoms with van der Waals surface area (Å²) in [6, 6.07) is 0.144. The molecular weight excluding hydrogens is 324 g/mol. The van der Waals surface area contributed by atoms with Crippen molar-refractivity contribution in [1.82, 2.24) is 10.2 Å². The first-order valence-corrected chi connectivity index (χ1v) is 11.2. The minimum atomic E-state index is -0.197. The Kier molecular flexibility index (Phi) is 4.28. The maximum atomic E-state index is 13.7. The van der Waals surface area contributed by atoms with E-state index in [1.165, 1.54) is 38.5 Å². The number of amides is 2. The lowest BCUT2D eigenvalue weighted by Gasteiger charge is -2.56. The highest BCUT2D eigenvalue weighted by molar-refractivity contribution is 5.91. The molecular formula is C22H34N2O2. The number of rotatable bonds is 3. The Morgan fingerprint density at radius 1 is 0.808 bits per heavy atom. The lowest BCUT2D eigenvalue weighted by molar-refractivity contribution is -0.160. The molecule has 1 heterocycles. The first-order valence-electron chi connectivity index (χ1n) is 11.2. The van der Waals surface area contributed by atoms with Gasteiger partial charge in [0.05, 0.1) is 5.41 Å². The first kappa shape index (κ1) is 17.1. The van der Waals surface area contributed by atoms with Gasteiger partial charge in [-0.25, -0.2) is 0 Å². The van der Waals surface area contributed by atoms with Gasteiger partial charge >= 0.3 is 0 Å². The van der Waals surface area contributed by atoms with E-state index in [1.54, 1.807) is 0 Å². The summed E-state index contributed by atoms with van der Waals surface area (Å²) in [5.74, 6) is 2.82. The molecule has 0 aromatic rings. The zero-order valence-corrected chi connectivity index (χ0v) is 16.0. The third kappa shape index (κ3) is 2.88. The Morgan fingerprint density at radius 3 is 2.04 bits per heavy atom. The second-order valence-corrected chi connectivity index (χ2v) is 10.2. The fraction of sp³-hybridized carbons (Fsp3) is 0.909. The van der Waals surface area contributed by atoms with Crippen molar-refractivity contribution in [3.8, 4) is 0 Å². The summed E-state index contributed by atoms with van der Waals surface area (Å²) in [7, 11) is 0. The standard InChI is InChI=1S/C22H34N2O2/c25-20(23-18-5-2-1-3-6-18)19-7-4-8-24(19)21(26)22-12-15-9-16(13-22)11-17(10-15)14-22/h15-19H,1-14H2,(H,23,25)/t15?,16?,17?,19-,22?/m0/s1. The van der Waals surface area contributed by atoms with Crippen molar-refractivity contribution in [3.05, 3.63) is 0 Å². The van der Waals surface area contributed by atoms with Crippen molar-refractivity contribution in [3.63, 3.8) is 0 Å². The first-order chi connectivity index (χ1) is 12.6. The van der Waals surface area contributed by atoms with Crippen LogP contribution in [0.1, 0.15) is 83.5 Å². The average Bonchev–Trinajstić information content (AvgIpc) is 3.10. The second kappa shape index (κ2) is 6.53. The number of hydrogen-bond donors (Lipinski definition) is 1. The van der Waals surface area contributed by atoms with E-state index >= 15 is 0 Å². The van der Waals surface area contributed by atoms with Gasteiger partial charge in [-0.05, 0) is 82.0 Å². The molecule has 4 bridgehead atoms. The number of carbonyl (C=O) groups excluding carboxylic acids is 2. The van der Waals surface area contributed by atoms with E-state index in [2.05, 4.69) is 5.32 Å². The van der Waals surface area contributed by atoms with E-state index in [-0.39, 0.29) is 17.4 Å². The van der Waals surface area contributed by atoms with Crippen molar-refractivity contribution < 1.29 is 9.59 Å². The summed E-state index contributed by atoms with van der Waals surface area (Å²) >= 11 is 0. The van der Waals surface area contributed by atoms with Crippen LogP contribution in [0.15, 0.2) is 0 Å². The van der Waals surface area contributed by atoms with E-state index in [0.29, 0.717) is 11.9 Å². The van der Waals surface area contributed by atoms with E-state index in [1.807, 2.05) is 4.90 Å². The zero-order valence-electron chi connectivity index (χ0n) is 16.0. The Morgan fingerprint density at radius 2 is 1.42 bits per heavy atom. The lowest BCUT2D eigenvalue weighted by Crippen LogP contribution is -2.57. The fourth-order valence-electron chi connectivity index (χ4n) is 7.50. The molecule has 6 rings (SSSR count). The number of carbonyl (C=O) groups is 2. The molecule has 5 aliphatic carbocycles. The molecule has 2 amide bonds. The molecule has 0 unspecified atom stereocenters. The van der Waals surface area contributed by atoms with Crippen LogP contribution in [0, 0.1) is 23.2 Å². The maximum Gasteiger partial charge on any atom is 0.243 e. The molecule has 1 aliphatic heterocycles. The molecule has 6 fully saturated rings. The van der Waals surface area contributed by atoms with Gasteiger partial charge in [0.25, 0.3) is 0 Å². The summed E-state index contributed by atoms with van der Waals surface area (Å²) in [4.78, 5) is 28.6. The molecule has 1 saturated heterocycles. The summed E-state index contributed by atoms with van der Waals surface area (Å²) in [5, 5.41) is 3.29. The lowest BCUT2D eigenvalue weighted by atomic mass is 9.49. The van der Waals surface area contributed by atoms with Crippen LogP contribution in [0.3, 0.4) is 0 Å². The summed E-state index contributed by atoms with van der Waals surface area (Å²) in [6.45, 7) is 0.795. The molecule has 0 aromatic carbocycles. The summed E-state index contributed by atoms with van der Waals surface area (Å²) in [5.41, 5.74) is -0.109. The minimum Gasteiger partial charge on any atom is -0.352 e. The molecule has 1 atom stereocenters. The molecule has 4 nitrogen and oxygen atoms in total. The van der Waals surface area contributed by atoms with Gasteiger partial charge in [0.1, 0.15) is 6.04 Å². The van der Waals surface area contributed by atoms with Gasteiger partial charge in [0.15, 0.2) is 0 Å². The van der Waals surface area contributed by atoms with E-state index in [0.717, 1.165) is 69.2 Å². The van der Waals surface area contributed by atoms with Gasteiger partial charge in [0.2, 0.25) is 11.8 Å². The number of nitrogens with one attached hydrogen (secondary N) is 1. The van der Waals surface area contributed by atoms with E-state index in [4.69, 9.17) is 0 Å². The fourth-order valence-corrected chi connectivity index (χ4v) is 7.50. The normalized spacial score (nSPS) is 42.2. The third-order valence-electron chi connectivity index (χ3n) is 8.26. The molecule has 144 valence electrons. The van der Waals surface area contributed by atoms with Crippen LogP contribution in [-0.2, 0) is 9.59 Å². The van der Waals surface area contributed by atoms with E-state index < -0.39 is 0 Å². The van der Waals surface area contributed by atoms with Gasteiger partial charge in [-0.15, -0.1) is 0 Å². The summed E-state index contributed by atoms with van der Waals surface area (Å²) in [6.07, 6.45) is 15.2. The van der Waals surface area contributed by atoms with Crippen LogP contribution >= 0.6 is 0 Å². The molecule has 0 aromatic heterocycles. The zero-order chi connectivity index (χ0) is 17.7. The number of hydrogen-bond acceptors (Lipinski definition) is 2. The largest absolute Gasteiger partial charge is 0.352 e. The molecule has 5 saturated carbocycles. The molecule has 4 heteroatoms. The summed E-state index contributed by atoms with van der Waals surface area (Å²) < 4.78 is 0. The van der Waals surface area contributed by atoms with Crippen molar-refractivity contribution in [2.24, 2.45) is 23.2 Å².